The Balaban J connectivity index is 1.33. The van der Waals surface area contributed by atoms with E-state index in [0.717, 1.165) is 48.8 Å². The molecule has 0 radical (unpaired) electrons. The molecule has 1 aliphatic heterocycles. The standard InChI is InChI=1S/C21H23N3O3/c1-13-22-21(27-23-13)16-6-3-7-24(11-16)20(25)10-17-12-26-19-9-15-5-2-4-14(15)8-18(17)19/h8-9,12,16H,2-7,10-11H2,1H3/t16-/m0/s1. The van der Waals surface area contributed by atoms with E-state index < -0.39 is 0 Å². The Morgan fingerprint density at radius 3 is 2.93 bits per heavy atom. The van der Waals surface area contributed by atoms with Crippen LogP contribution in [-0.4, -0.2) is 34.0 Å². The number of amides is 1. The maximum atomic E-state index is 12.9. The van der Waals surface area contributed by atoms with E-state index in [2.05, 4.69) is 22.3 Å². The number of carbonyl (C=O) groups excluding carboxylic acids is 1. The first kappa shape index (κ1) is 16.5. The Labute approximate surface area is 157 Å². The summed E-state index contributed by atoms with van der Waals surface area (Å²) in [5.41, 5.74) is 4.68. The van der Waals surface area contributed by atoms with Crippen molar-refractivity contribution in [1.82, 2.24) is 15.0 Å². The lowest BCUT2D eigenvalue weighted by Crippen LogP contribution is -2.40. The molecule has 0 saturated carbocycles. The van der Waals surface area contributed by atoms with Gasteiger partial charge in [0, 0.05) is 24.0 Å². The number of fused-ring (bicyclic) bond motifs is 2. The van der Waals surface area contributed by atoms with Crippen LogP contribution in [0.3, 0.4) is 0 Å². The highest BCUT2D eigenvalue weighted by molar-refractivity contribution is 5.88. The van der Waals surface area contributed by atoms with Crippen LogP contribution in [0.5, 0.6) is 0 Å². The summed E-state index contributed by atoms with van der Waals surface area (Å²) in [5, 5.41) is 4.97. The molecular weight excluding hydrogens is 342 g/mol. The van der Waals surface area contributed by atoms with Gasteiger partial charge in [-0.2, -0.15) is 4.98 Å². The molecule has 1 amide bonds. The number of aryl methyl sites for hydroxylation is 3. The third-order valence-corrected chi connectivity index (χ3v) is 5.88. The van der Waals surface area contributed by atoms with Crippen molar-refractivity contribution in [3.63, 3.8) is 0 Å². The van der Waals surface area contributed by atoms with Gasteiger partial charge in [0.05, 0.1) is 18.6 Å². The molecule has 6 heteroatoms. The molecule has 1 aromatic carbocycles. The molecule has 2 aliphatic rings. The molecule has 1 saturated heterocycles. The normalized spacial score (nSPS) is 19.6. The Morgan fingerprint density at radius 2 is 2.11 bits per heavy atom. The first-order valence-corrected chi connectivity index (χ1v) is 9.77. The van der Waals surface area contributed by atoms with Crippen molar-refractivity contribution in [1.29, 1.82) is 0 Å². The molecule has 0 spiro atoms. The van der Waals surface area contributed by atoms with E-state index in [9.17, 15) is 4.79 Å². The fourth-order valence-corrected chi connectivity index (χ4v) is 4.44. The third kappa shape index (κ3) is 3.03. The molecule has 3 aromatic rings. The zero-order valence-corrected chi connectivity index (χ0v) is 15.5. The minimum absolute atomic E-state index is 0.133. The second-order valence-electron chi connectivity index (χ2n) is 7.77. The van der Waals surface area contributed by atoms with Gasteiger partial charge in [-0.1, -0.05) is 5.16 Å². The van der Waals surface area contributed by atoms with E-state index in [1.54, 1.807) is 6.26 Å². The summed E-state index contributed by atoms with van der Waals surface area (Å²) < 4.78 is 11.1. The van der Waals surface area contributed by atoms with E-state index in [4.69, 9.17) is 8.94 Å². The van der Waals surface area contributed by atoms with Crippen LogP contribution in [0.15, 0.2) is 27.3 Å². The molecule has 5 rings (SSSR count). The first-order chi connectivity index (χ1) is 13.2. The van der Waals surface area contributed by atoms with Crippen molar-refractivity contribution in [2.75, 3.05) is 13.1 Å². The summed E-state index contributed by atoms with van der Waals surface area (Å²) in [6, 6.07) is 4.38. The highest BCUT2D eigenvalue weighted by atomic mass is 16.5. The van der Waals surface area contributed by atoms with Crippen molar-refractivity contribution in [3.05, 3.63) is 46.8 Å². The number of aromatic nitrogens is 2. The second kappa shape index (κ2) is 6.51. The van der Waals surface area contributed by atoms with Gasteiger partial charge in [0.2, 0.25) is 11.8 Å². The average Bonchev–Trinajstić information content (AvgIpc) is 3.40. The largest absolute Gasteiger partial charge is 0.464 e. The molecule has 1 atom stereocenters. The number of carbonyl (C=O) groups is 1. The minimum atomic E-state index is 0.133. The van der Waals surface area contributed by atoms with Crippen LogP contribution in [0, 0.1) is 6.92 Å². The lowest BCUT2D eigenvalue weighted by Gasteiger charge is -2.31. The molecule has 0 unspecified atom stereocenters. The molecule has 27 heavy (non-hydrogen) atoms. The number of nitrogens with zero attached hydrogens (tertiary/aromatic N) is 3. The highest BCUT2D eigenvalue weighted by Gasteiger charge is 2.29. The average molecular weight is 365 g/mol. The van der Waals surface area contributed by atoms with Gasteiger partial charge < -0.3 is 13.8 Å². The van der Waals surface area contributed by atoms with Gasteiger partial charge >= 0.3 is 0 Å². The molecule has 6 nitrogen and oxygen atoms in total. The Bertz CT molecular complexity index is 1000. The van der Waals surface area contributed by atoms with Gasteiger partial charge in [0.15, 0.2) is 5.82 Å². The Kier molecular flexibility index (Phi) is 3.99. The van der Waals surface area contributed by atoms with Crippen LogP contribution in [0.1, 0.15) is 53.6 Å². The topological polar surface area (TPSA) is 72.4 Å². The van der Waals surface area contributed by atoms with Crippen molar-refractivity contribution >= 4 is 16.9 Å². The van der Waals surface area contributed by atoms with Crippen molar-refractivity contribution in [2.45, 2.75) is 51.4 Å². The van der Waals surface area contributed by atoms with Crippen molar-refractivity contribution < 1.29 is 13.7 Å². The second-order valence-corrected chi connectivity index (χ2v) is 7.77. The lowest BCUT2D eigenvalue weighted by atomic mass is 9.97. The SMILES string of the molecule is Cc1noc([C@H]2CCCN(C(=O)Cc3coc4cc5c(cc34)CCC5)C2)n1. The van der Waals surface area contributed by atoms with Crippen molar-refractivity contribution in [2.24, 2.45) is 0 Å². The van der Waals surface area contributed by atoms with Crippen LogP contribution in [-0.2, 0) is 24.1 Å². The van der Waals surface area contributed by atoms with Crippen LogP contribution >= 0.6 is 0 Å². The van der Waals surface area contributed by atoms with Crippen LogP contribution in [0.25, 0.3) is 11.0 Å². The predicted octanol–water partition coefficient (Wildman–Crippen LogP) is 3.56. The molecular formula is C21H23N3O3. The summed E-state index contributed by atoms with van der Waals surface area (Å²) in [6.07, 6.45) is 7.53. The highest BCUT2D eigenvalue weighted by Crippen LogP contribution is 2.31. The molecule has 140 valence electrons. The minimum Gasteiger partial charge on any atom is -0.464 e. The summed E-state index contributed by atoms with van der Waals surface area (Å²) in [4.78, 5) is 19.2. The number of piperidine rings is 1. The quantitative estimate of drug-likeness (QED) is 0.710. The Hall–Kier alpha value is -2.63. The summed E-state index contributed by atoms with van der Waals surface area (Å²) in [7, 11) is 0. The Morgan fingerprint density at radius 1 is 1.26 bits per heavy atom. The van der Waals surface area contributed by atoms with E-state index >= 15 is 0 Å². The van der Waals surface area contributed by atoms with Gasteiger partial charge in [0.25, 0.3) is 0 Å². The zero-order valence-electron chi connectivity index (χ0n) is 15.5. The van der Waals surface area contributed by atoms with Crippen LogP contribution < -0.4 is 0 Å². The number of benzene rings is 1. The summed E-state index contributed by atoms with van der Waals surface area (Å²) in [5.74, 6) is 1.56. The van der Waals surface area contributed by atoms with Gasteiger partial charge in [0.1, 0.15) is 5.58 Å². The maximum Gasteiger partial charge on any atom is 0.231 e. The van der Waals surface area contributed by atoms with Gasteiger partial charge in [-0.05, 0) is 62.3 Å². The summed E-state index contributed by atoms with van der Waals surface area (Å²) >= 11 is 0. The lowest BCUT2D eigenvalue weighted by molar-refractivity contribution is -0.131. The fraction of sp³-hybridized carbons (Fsp3) is 0.476. The fourth-order valence-electron chi connectivity index (χ4n) is 4.44. The zero-order chi connectivity index (χ0) is 18.4. The predicted molar refractivity (Wildman–Crippen MR) is 99.5 cm³/mol. The van der Waals surface area contributed by atoms with Gasteiger partial charge in [-0.3, -0.25) is 4.79 Å². The molecule has 1 fully saturated rings. The smallest absolute Gasteiger partial charge is 0.231 e. The number of likely N-dealkylation sites (tertiary alicyclic amines) is 1. The number of furan rings is 1. The van der Waals surface area contributed by atoms with Gasteiger partial charge in [-0.25, -0.2) is 0 Å². The molecule has 1 aliphatic carbocycles. The molecule has 0 bridgehead atoms. The number of rotatable bonds is 3. The third-order valence-electron chi connectivity index (χ3n) is 5.88. The van der Waals surface area contributed by atoms with E-state index in [1.165, 1.54) is 17.5 Å². The van der Waals surface area contributed by atoms with E-state index in [-0.39, 0.29) is 11.8 Å². The first-order valence-electron chi connectivity index (χ1n) is 9.77. The number of hydrogen-bond acceptors (Lipinski definition) is 5. The molecule has 0 N–H and O–H groups in total. The molecule has 2 aromatic heterocycles. The van der Waals surface area contributed by atoms with Gasteiger partial charge in [-0.15, -0.1) is 0 Å². The van der Waals surface area contributed by atoms with Crippen molar-refractivity contribution in [3.8, 4) is 0 Å². The van der Waals surface area contributed by atoms with Crippen LogP contribution in [0.4, 0.5) is 0 Å². The van der Waals surface area contributed by atoms with E-state index in [0.29, 0.717) is 24.7 Å². The monoisotopic (exact) mass is 365 g/mol. The van der Waals surface area contributed by atoms with Crippen LogP contribution in [0.2, 0.25) is 0 Å². The molecule has 3 heterocycles. The number of hydrogen-bond donors (Lipinski definition) is 0. The van der Waals surface area contributed by atoms with E-state index in [1.807, 2.05) is 11.8 Å². The maximum absolute atomic E-state index is 12.9. The summed E-state index contributed by atoms with van der Waals surface area (Å²) in [6.45, 7) is 3.25.